The number of nitrogens with zero attached hydrogens (tertiary/aromatic N) is 5. The van der Waals surface area contributed by atoms with E-state index in [1.165, 1.54) is 16.9 Å². The molecule has 2 aromatic heterocycles. The lowest BCUT2D eigenvalue weighted by molar-refractivity contribution is 0.0667. The number of hydrogen-bond donors (Lipinski definition) is 1. The lowest BCUT2D eigenvalue weighted by Gasteiger charge is -2.34. The fraction of sp³-hybridized carbons (Fsp3) is 0.294. The molecule has 7 nitrogen and oxygen atoms in total. The molecule has 0 saturated carbocycles. The van der Waals surface area contributed by atoms with Gasteiger partial charge in [0.25, 0.3) is 5.91 Å². The largest absolute Gasteiger partial charge is 0.375 e. The Hall–Kier alpha value is -2.74. The van der Waals surface area contributed by atoms with Crippen LogP contribution in [0.25, 0.3) is 0 Å². The Morgan fingerprint density at radius 1 is 1.32 bits per heavy atom. The number of nitrogen functional groups attached to an aromatic ring is 1. The number of nitrogens with two attached hydrogens (primary N) is 1. The van der Waals surface area contributed by atoms with Crippen LogP contribution in [0.1, 0.15) is 33.7 Å². The number of aromatic nitrogens is 4. The van der Waals surface area contributed by atoms with Crippen molar-refractivity contribution in [3.8, 4) is 0 Å². The van der Waals surface area contributed by atoms with Crippen LogP contribution < -0.4 is 5.73 Å². The van der Waals surface area contributed by atoms with Crippen molar-refractivity contribution in [2.24, 2.45) is 0 Å². The van der Waals surface area contributed by atoms with Crippen molar-refractivity contribution in [3.63, 3.8) is 0 Å². The number of thiazole rings is 1. The van der Waals surface area contributed by atoms with Crippen molar-refractivity contribution in [2.75, 3.05) is 12.3 Å². The molecule has 0 spiro atoms. The summed E-state index contributed by atoms with van der Waals surface area (Å²) in [6, 6.07) is 10.4. The highest BCUT2D eigenvalue weighted by Gasteiger charge is 2.31. The Balaban J connectivity index is 1.63. The molecule has 3 aromatic rings. The summed E-state index contributed by atoms with van der Waals surface area (Å²) < 4.78 is 2.15. The van der Waals surface area contributed by atoms with Gasteiger partial charge in [-0.05, 0) is 18.9 Å². The molecule has 25 heavy (non-hydrogen) atoms. The Bertz CT molecular complexity index is 903. The fourth-order valence-electron chi connectivity index (χ4n) is 3.31. The third-order valence-corrected chi connectivity index (χ3v) is 5.08. The minimum absolute atomic E-state index is 0.0982. The van der Waals surface area contributed by atoms with Crippen LogP contribution in [0.4, 0.5) is 5.13 Å². The molecule has 1 atom stereocenters. The van der Waals surface area contributed by atoms with Gasteiger partial charge in [-0.15, -0.1) is 21.5 Å². The Kier molecular flexibility index (Phi) is 3.96. The zero-order chi connectivity index (χ0) is 17.4. The number of aryl methyl sites for hydroxylation is 1. The molecule has 0 radical (unpaired) electrons. The minimum atomic E-state index is -0.113. The highest BCUT2D eigenvalue weighted by molar-refractivity contribution is 7.13. The maximum absolute atomic E-state index is 12.8. The van der Waals surface area contributed by atoms with Gasteiger partial charge < -0.3 is 15.2 Å². The van der Waals surface area contributed by atoms with E-state index in [0.717, 1.165) is 18.1 Å². The fourth-order valence-corrected chi connectivity index (χ4v) is 3.85. The molecule has 0 unspecified atom stereocenters. The van der Waals surface area contributed by atoms with Gasteiger partial charge in [0.05, 0.1) is 12.6 Å². The highest BCUT2D eigenvalue weighted by atomic mass is 32.1. The molecule has 0 saturated heterocycles. The van der Waals surface area contributed by atoms with Gasteiger partial charge in [0.1, 0.15) is 11.5 Å². The smallest absolute Gasteiger partial charge is 0.273 e. The topological polar surface area (TPSA) is 89.9 Å². The van der Waals surface area contributed by atoms with E-state index in [1.807, 2.05) is 25.1 Å². The van der Waals surface area contributed by atoms with Crippen LogP contribution in [-0.4, -0.2) is 37.1 Å². The maximum Gasteiger partial charge on any atom is 0.273 e. The number of amides is 1. The van der Waals surface area contributed by atoms with Crippen molar-refractivity contribution in [2.45, 2.75) is 25.9 Å². The number of carbonyl (C=O) groups excluding carboxylic acids is 1. The zero-order valence-corrected chi connectivity index (χ0v) is 14.6. The maximum atomic E-state index is 12.8. The lowest BCUT2D eigenvalue weighted by Crippen LogP contribution is -2.42. The van der Waals surface area contributed by atoms with Crippen LogP contribution in [0.2, 0.25) is 0 Å². The van der Waals surface area contributed by atoms with Crippen molar-refractivity contribution in [1.82, 2.24) is 24.6 Å². The quantitative estimate of drug-likeness (QED) is 0.777. The third-order valence-electron chi connectivity index (χ3n) is 4.41. The molecule has 0 fully saturated rings. The number of hydrogen-bond acceptors (Lipinski definition) is 6. The van der Waals surface area contributed by atoms with Gasteiger partial charge >= 0.3 is 0 Å². The third kappa shape index (κ3) is 3.00. The van der Waals surface area contributed by atoms with Crippen molar-refractivity contribution >= 4 is 22.4 Å². The predicted octanol–water partition coefficient (Wildman–Crippen LogP) is 2.07. The van der Waals surface area contributed by atoms with E-state index in [-0.39, 0.29) is 11.9 Å². The predicted molar refractivity (Wildman–Crippen MR) is 95.2 cm³/mol. The second kappa shape index (κ2) is 6.29. The summed E-state index contributed by atoms with van der Waals surface area (Å²) in [6.45, 7) is 2.98. The molecular formula is C17H18N6OS. The molecule has 4 rings (SSSR count). The lowest BCUT2D eigenvalue weighted by atomic mass is 10.0. The number of rotatable bonds is 3. The van der Waals surface area contributed by atoms with Gasteiger partial charge in [-0.3, -0.25) is 4.79 Å². The molecule has 1 amide bonds. The SMILES string of the molecule is Cc1nnc2n1[C@H](Cc1ccccc1)CN(C(=O)c1csc(N)n1)C2. The van der Waals surface area contributed by atoms with E-state index < -0.39 is 0 Å². The van der Waals surface area contributed by atoms with Crippen LogP contribution in [-0.2, 0) is 13.0 Å². The Morgan fingerprint density at radius 3 is 2.84 bits per heavy atom. The second-order valence-electron chi connectivity index (χ2n) is 6.13. The molecule has 0 aliphatic carbocycles. The van der Waals surface area contributed by atoms with Gasteiger partial charge in [-0.1, -0.05) is 30.3 Å². The minimum Gasteiger partial charge on any atom is -0.375 e. The summed E-state index contributed by atoms with van der Waals surface area (Å²) in [7, 11) is 0. The number of benzene rings is 1. The molecule has 1 aromatic carbocycles. The summed E-state index contributed by atoms with van der Waals surface area (Å²) in [5.41, 5.74) is 7.28. The second-order valence-corrected chi connectivity index (χ2v) is 7.02. The zero-order valence-electron chi connectivity index (χ0n) is 13.8. The van der Waals surface area contributed by atoms with E-state index >= 15 is 0 Å². The van der Waals surface area contributed by atoms with E-state index in [2.05, 4.69) is 31.9 Å². The molecule has 2 N–H and O–H groups in total. The first kappa shape index (κ1) is 15.8. The summed E-state index contributed by atoms with van der Waals surface area (Å²) >= 11 is 1.28. The molecule has 1 aliphatic heterocycles. The molecule has 8 heteroatoms. The standard InChI is InChI=1S/C17H18N6OS/c1-11-20-21-15-9-22(16(24)14-10-25-17(18)19-14)8-13(23(11)15)7-12-5-3-2-4-6-12/h2-6,10,13H,7-9H2,1H3,(H2,18,19)/t13-/m1/s1. The van der Waals surface area contributed by atoms with Crippen LogP contribution in [0, 0.1) is 6.92 Å². The van der Waals surface area contributed by atoms with Gasteiger partial charge in [0, 0.05) is 11.9 Å². The van der Waals surface area contributed by atoms with E-state index in [9.17, 15) is 4.79 Å². The summed E-state index contributed by atoms with van der Waals surface area (Å²) in [4.78, 5) is 18.7. The van der Waals surface area contributed by atoms with Crippen LogP contribution in [0.5, 0.6) is 0 Å². The Morgan fingerprint density at radius 2 is 2.12 bits per heavy atom. The van der Waals surface area contributed by atoms with Crippen molar-refractivity contribution in [1.29, 1.82) is 0 Å². The normalized spacial score (nSPS) is 16.7. The van der Waals surface area contributed by atoms with Gasteiger partial charge in [-0.25, -0.2) is 4.98 Å². The van der Waals surface area contributed by atoms with Crippen LogP contribution >= 0.6 is 11.3 Å². The first-order valence-electron chi connectivity index (χ1n) is 8.06. The van der Waals surface area contributed by atoms with Gasteiger partial charge in [0.2, 0.25) is 0 Å². The molecular weight excluding hydrogens is 336 g/mol. The van der Waals surface area contributed by atoms with E-state index in [1.54, 1.807) is 10.3 Å². The van der Waals surface area contributed by atoms with Gasteiger partial charge in [-0.2, -0.15) is 0 Å². The van der Waals surface area contributed by atoms with E-state index in [0.29, 0.717) is 23.9 Å². The number of carbonyl (C=O) groups is 1. The Labute approximate surface area is 149 Å². The highest BCUT2D eigenvalue weighted by Crippen LogP contribution is 2.26. The first-order valence-corrected chi connectivity index (χ1v) is 8.94. The van der Waals surface area contributed by atoms with E-state index in [4.69, 9.17) is 5.73 Å². The van der Waals surface area contributed by atoms with Crippen molar-refractivity contribution < 1.29 is 4.79 Å². The first-order chi connectivity index (χ1) is 12.1. The van der Waals surface area contributed by atoms with Crippen molar-refractivity contribution in [3.05, 3.63) is 58.6 Å². The van der Waals surface area contributed by atoms with Crippen LogP contribution in [0.15, 0.2) is 35.7 Å². The number of fused-ring (bicyclic) bond motifs is 1. The average Bonchev–Trinajstić information content (AvgIpc) is 3.21. The molecule has 0 bridgehead atoms. The van der Waals surface area contributed by atoms with Gasteiger partial charge in [0.15, 0.2) is 11.0 Å². The number of anilines is 1. The summed E-state index contributed by atoms with van der Waals surface area (Å²) in [5.74, 6) is 1.57. The molecule has 1 aliphatic rings. The monoisotopic (exact) mass is 354 g/mol. The average molecular weight is 354 g/mol. The summed E-state index contributed by atoms with van der Waals surface area (Å²) in [6.07, 6.45) is 0.815. The van der Waals surface area contributed by atoms with Crippen LogP contribution in [0.3, 0.4) is 0 Å². The molecule has 128 valence electrons. The summed E-state index contributed by atoms with van der Waals surface area (Å²) in [5, 5.41) is 10.6. The molecule has 3 heterocycles.